The van der Waals surface area contributed by atoms with Gasteiger partial charge in [-0.25, -0.2) is 0 Å². The van der Waals surface area contributed by atoms with E-state index in [0.717, 1.165) is 0 Å². The molecule has 3 heterocycles. The predicted molar refractivity (Wildman–Crippen MR) is 101 cm³/mol. The monoisotopic (exact) mass is 504 g/mol. The van der Waals surface area contributed by atoms with E-state index in [1.165, 1.54) is 0 Å². The topological polar surface area (TPSA) is 269 Å². The molecule has 0 spiro atoms. The second kappa shape index (κ2) is 11.6. The lowest BCUT2D eigenvalue weighted by Crippen LogP contribution is -2.67. The van der Waals surface area contributed by atoms with Crippen molar-refractivity contribution in [3.63, 3.8) is 0 Å². The Kier molecular flexibility index (Phi) is 9.54. The molecule has 0 bridgehead atoms. The van der Waals surface area contributed by atoms with E-state index in [0.29, 0.717) is 0 Å². The molecular formula is C18H32O16. The van der Waals surface area contributed by atoms with Crippen molar-refractivity contribution in [3.8, 4) is 0 Å². The zero-order valence-electron chi connectivity index (χ0n) is 17.7. The van der Waals surface area contributed by atoms with Crippen molar-refractivity contribution in [2.24, 2.45) is 0 Å². The van der Waals surface area contributed by atoms with Crippen molar-refractivity contribution >= 4 is 0 Å². The second-order valence-electron chi connectivity index (χ2n) is 8.33. The lowest BCUT2D eigenvalue weighted by Gasteiger charge is -2.48. The van der Waals surface area contributed by atoms with Gasteiger partial charge in [-0.15, -0.1) is 0 Å². The highest BCUT2D eigenvalue weighted by Crippen LogP contribution is 2.32. The van der Waals surface area contributed by atoms with Crippen molar-refractivity contribution in [2.75, 3.05) is 19.8 Å². The molecule has 3 saturated heterocycles. The van der Waals surface area contributed by atoms with Gasteiger partial charge in [0.1, 0.15) is 73.2 Å². The van der Waals surface area contributed by atoms with E-state index in [-0.39, 0.29) is 0 Å². The van der Waals surface area contributed by atoms with Gasteiger partial charge in [-0.2, -0.15) is 0 Å². The third-order valence-corrected chi connectivity index (χ3v) is 6.10. The Hall–Kier alpha value is -0.640. The first-order chi connectivity index (χ1) is 16.0. The maximum atomic E-state index is 10.6. The van der Waals surface area contributed by atoms with Crippen LogP contribution in [0.25, 0.3) is 0 Å². The number of hydrogen-bond donors (Lipinski definition) is 11. The third-order valence-electron chi connectivity index (χ3n) is 6.10. The Morgan fingerprint density at radius 3 is 1.24 bits per heavy atom. The molecule has 16 heteroatoms. The van der Waals surface area contributed by atoms with Crippen LogP contribution >= 0.6 is 0 Å². The summed E-state index contributed by atoms with van der Waals surface area (Å²) in [6.07, 6.45) is -25.6. The molecule has 0 aromatic heterocycles. The molecular weight excluding hydrogens is 472 g/mol. The third kappa shape index (κ3) is 5.37. The minimum Gasteiger partial charge on any atom is -0.394 e. The summed E-state index contributed by atoms with van der Waals surface area (Å²) < 4.78 is 26.5. The molecule has 0 aromatic rings. The summed E-state index contributed by atoms with van der Waals surface area (Å²) in [5, 5.41) is 109. The SMILES string of the molecule is OC[C@H]1O[C@@H](O[C@H]2[C@H](O)[C@@H](CO)OC(O)[C@@H]2O[C@@H]2O[C@H](CO)[C@@H](O)[C@H](O)[C@H]2O)[C@H](O)[C@@H](O)[C@@H]1O. The molecule has 0 radical (unpaired) electrons. The highest BCUT2D eigenvalue weighted by molar-refractivity contribution is 4.96. The molecule has 0 aliphatic carbocycles. The smallest absolute Gasteiger partial charge is 0.187 e. The zero-order chi connectivity index (χ0) is 25.3. The fraction of sp³-hybridized carbons (Fsp3) is 1.00. The van der Waals surface area contributed by atoms with Crippen LogP contribution in [0.3, 0.4) is 0 Å². The van der Waals surface area contributed by atoms with Gasteiger partial charge in [-0.3, -0.25) is 0 Å². The van der Waals surface area contributed by atoms with Crippen LogP contribution in [-0.2, 0) is 23.7 Å². The average Bonchev–Trinajstić information content (AvgIpc) is 2.83. The highest BCUT2D eigenvalue weighted by atomic mass is 16.8. The van der Waals surface area contributed by atoms with Gasteiger partial charge in [-0.1, -0.05) is 0 Å². The van der Waals surface area contributed by atoms with E-state index in [9.17, 15) is 56.2 Å². The van der Waals surface area contributed by atoms with Gasteiger partial charge in [0, 0.05) is 0 Å². The molecule has 3 aliphatic heterocycles. The van der Waals surface area contributed by atoms with E-state index in [2.05, 4.69) is 0 Å². The van der Waals surface area contributed by atoms with Crippen LogP contribution in [0.2, 0.25) is 0 Å². The number of aliphatic hydroxyl groups is 11. The fourth-order valence-electron chi connectivity index (χ4n) is 4.03. The van der Waals surface area contributed by atoms with E-state index >= 15 is 0 Å². The summed E-state index contributed by atoms with van der Waals surface area (Å²) in [6.45, 7) is -2.33. The molecule has 15 atom stereocenters. The molecule has 1 unspecified atom stereocenters. The predicted octanol–water partition coefficient (Wildman–Crippen LogP) is -7.57. The minimum absolute atomic E-state index is 0.769. The Morgan fingerprint density at radius 2 is 0.824 bits per heavy atom. The quantitative estimate of drug-likeness (QED) is 0.154. The van der Waals surface area contributed by atoms with Crippen LogP contribution in [0.5, 0.6) is 0 Å². The molecule has 0 amide bonds. The summed E-state index contributed by atoms with van der Waals surface area (Å²) in [6, 6.07) is 0. The number of aliphatic hydroxyl groups excluding tert-OH is 11. The molecule has 0 saturated carbocycles. The van der Waals surface area contributed by atoms with Gasteiger partial charge in [0.25, 0.3) is 0 Å². The standard InChI is InChI=1S/C18H32O16/c19-1-4-7(22)10(25)12(27)17(31-4)33-14-9(24)6(3-21)30-16(29)15(14)34-18-13(28)11(26)8(23)5(2-20)32-18/h4-29H,1-3H2/t4-,5-,6-,7-,8-,9-,10+,11+,12-,13-,14+,15-,16?,17+,18+/m1/s1. The first-order valence-electron chi connectivity index (χ1n) is 10.6. The Morgan fingerprint density at radius 1 is 0.441 bits per heavy atom. The van der Waals surface area contributed by atoms with Gasteiger partial charge in [0.2, 0.25) is 0 Å². The summed E-state index contributed by atoms with van der Waals surface area (Å²) in [7, 11) is 0. The summed E-state index contributed by atoms with van der Waals surface area (Å²) in [5.74, 6) is 0. The highest BCUT2D eigenvalue weighted by Gasteiger charge is 2.53. The molecule has 16 nitrogen and oxygen atoms in total. The van der Waals surface area contributed by atoms with Crippen LogP contribution in [0.15, 0.2) is 0 Å². The van der Waals surface area contributed by atoms with Crippen LogP contribution in [0, 0.1) is 0 Å². The Balaban J connectivity index is 1.83. The molecule has 11 N–H and O–H groups in total. The number of ether oxygens (including phenoxy) is 5. The molecule has 34 heavy (non-hydrogen) atoms. The van der Waals surface area contributed by atoms with E-state index in [1.54, 1.807) is 0 Å². The number of rotatable bonds is 7. The van der Waals surface area contributed by atoms with E-state index in [1.807, 2.05) is 0 Å². The summed E-state index contributed by atoms with van der Waals surface area (Å²) in [5.41, 5.74) is 0. The molecule has 3 fully saturated rings. The fourth-order valence-corrected chi connectivity index (χ4v) is 4.03. The van der Waals surface area contributed by atoms with Crippen molar-refractivity contribution in [2.45, 2.75) is 92.1 Å². The Labute approximate surface area is 192 Å². The Bertz CT molecular complexity index is 637. The van der Waals surface area contributed by atoms with E-state index in [4.69, 9.17) is 23.7 Å². The van der Waals surface area contributed by atoms with Crippen molar-refractivity contribution in [1.82, 2.24) is 0 Å². The normalized spacial score (nSPS) is 52.5. The first kappa shape index (κ1) is 27.9. The average molecular weight is 504 g/mol. The van der Waals surface area contributed by atoms with Crippen molar-refractivity contribution in [3.05, 3.63) is 0 Å². The van der Waals surface area contributed by atoms with Gasteiger partial charge in [0.05, 0.1) is 19.8 Å². The minimum atomic E-state index is -1.94. The van der Waals surface area contributed by atoms with Crippen molar-refractivity contribution < 1.29 is 79.9 Å². The van der Waals surface area contributed by atoms with Crippen molar-refractivity contribution in [1.29, 1.82) is 0 Å². The van der Waals surface area contributed by atoms with Crippen LogP contribution < -0.4 is 0 Å². The van der Waals surface area contributed by atoms with Crippen LogP contribution in [-0.4, -0.2) is 168 Å². The lowest BCUT2D eigenvalue weighted by atomic mass is 9.96. The van der Waals surface area contributed by atoms with Crippen LogP contribution in [0.4, 0.5) is 0 Å². The largest absolute Gasteiger partial charge is 0.394 e. The van der Waals surface area contributed by atoms with Gasteiger partial charge < -0.3 is 79.9 Å². The summed E-state index contributed by atoms with van der Waals surface area (Å²) >= 11 is 0. The first-order valence-corrected chi connectivity index (χ1v) is 10.6. The van der Waals surface area contributed by atoms with Crippen LogP contribution in [0.1, 0.15) is 0 Å². The number of hydrogen-bond acceptors (Lipinski definition) is 16. The maximum Gasteiger partial charge on any atom is 0.187 e. The maximum absolute atomic E-state index is 10.6. The summed E-state index contributed by atoms with van der Waals surface area (Å²) in [4.78, 5) is 0. The molecule has 0 aromatic carbocycles. The molecule has 3 aliphatic rings. The zero-order valence-corrected chi connectivity index (χ0v) is 17.7. The van der Waals surface area contributed by atoms with E-state index < -0.39 is 112 Å². The molecule has 200 valence electrons. The molecule has 3 rings (SSSR count). The second-order valence-corrected chi connectivity index (χ2v) is 8.33. The van der Waals surface area contributed by atoms with Gasteiger partial charge in [0.15, 0.2) is 18.9 Å². The van der Waals surface area contributed by atoms with Gasteiger partial charge >= 0.3 is 0 Å². The van der Waals surface area contributed by atoms with Gasteiger partial charge in [-0.05, 0) is 0 Å². The lowest BCUT2D eigenvalue weighted by molar-refractivity contribution is -0.387.